The molecule has 0 aliphatic rings. The van der Waals surface area contributed by atoms with Gasteiger partial charge in [0, 0.05) is 17.7 Å². The summed E-state index contributed by atoms with van der Waals surface area (Å²) < 4.78 is 5.99. The van der Waals surface area contributed by atoms with Crippen LogP contribution >= 0.6 is 11.6 Å². The van der Waals surface area contributed by atoms with Gasteiger partial charge in [-0.2, -0.15) is 5.10 Å². The van der Waals surface area contributed by atoms with Gasteiger partial charge in [-0.3, -0.25) is 10.1 Å². The van der Waals surface area contributed by atoms with Crippen molar-refractivity contribution in [2.24, 2.45) is 0 Å². The van der Waals surface area contributed by atoms with E-state index in [0.29, 0.717) is 11.3 Å². The van der Waals surface area contributed by atoms with Crippen molar-refractivity contribution in [2.45, 2.75) is 0 Å². The number of nitro benzene ring substituents is 1. The van der Waals surface area contributed by atoms with E-state index in [4.69, 9.17) is 16.3 Å². The van der Waals surface area contributed by atoms with Crippen molar-refractivity contribution in [3.05, 3.63) is 57.4 Å². The first-order chi connectivity index (χ1) is 11.0. The molecule has 0 atom stereocenters. The number of ether oxygens (including phenoxy) is 1. The van der Waals surface area contributed by atoms with Crippen LogP contribution in [0.2, 0.25) is 5.02 Å². The number of non-ortho nitro benzene ring substituents is 1. The lowest BCUT2D eigenvalue weighted by Gasteiger charge is -2.07. The predicted molar refractivity (Wildman–Crippen MR) is 81.4 cm³/mol. The van der Waals surface area contributed by atoms with E-state index in [2.05, 4.69) is 10.1 Å². The van der Waals surface area contributed by atoms with Crippen LogP contribution in [0.5, 0.6) is 0 Å². The zero-order valence-electron chi connectivity index (χ0n) is 11.8. The van der Waals surface area contributed by atoms with Crippen molar-refractivity contribution >= 4 is 28.9 Å². The average Bonchev–Trinajstić information content (AvgIpc) is 2.94. The molecular weight excluding hydrogens is 324 g/mol. The Hall–Kier alpha value is -3.00. The molecule has 9 heteroatoms. The van der Waals surface area contributed by atoms with Gasteiger partial charge in [0.25, 0.3) is 5.69 Å². The summed E-state index contributed by atoms with van der Waals surface area (Å²) in [4.78, 5) is 26.7. The summed E-state index contributed by atoms with van der Waals surface area (Å²) in [7, 11) is 1.24. The second kappa shape index (κ2) is 5.65. The second-order valence-electron chi connectivity index (χ2n) is 4.55. The summed E-state index contributed by atoms with van der Waals surface area (Å²) in [5.41, 5.74) is 1.12. The van der Waals surface area contributed by atoms with E-state index in [0.717, 1.165) is 0 Å². The van der Waals surface area contributed by atoms with E-state index >= 15 is 0 Å². The lowest BCUT2D eigenvalue weighted by molar-refractivity contribution is -0.384. The molecule has 23 heavy (non-hydrogen) atoms. The topological polar surface area (TPSA) is 99.6 Å². The maximum absolute atomic E-state index is 11.9. The zero-order valence-corrected chi connectivity index (χ0v) is 12.5. The van der Waals surface area contributed by atoms with Crippen molar-refractivity contribution < 1.29 is 14.5 Å². The normalized spacial score (nSPS) is 10.7. The van der Waals surface area contributed by atoms with Crippen LogP contribution in [0.15, 0.2) is 36.5 Å². The van der Waals surface area contributed by atoms with Gasteiger partial charge in [-0.05, 0) is 6.07 Å². The highest BCUT2D eigenvalue weighted by Gasteiger charge is 2.18. The lowest BCUT2D eigenvalue weighted by Crippen LogP contribution is -2.10. The van der Waals surface area contributed by atoms with Crippen LogP contribution < -0.4 is 0 Å². The van der Waals surface area contributed by atoms with E-state index in [9.17, 15) is 14.9 Å². The fourth-order valence-corrected chi connectivity index (χ4v) is 2.28. The van der Waals surface area contributed by atoms with Crippen molar-refractivity contribution in [1.82, 2.24) is 14.6 Å². The summed E-state index contributed by atoms with van der Waals surface area (Å²) in [5, 5.41) is 15.1. The largest absolute Gasteiger partial charge is 0.464 e. The molecular formula is C14H9ClN4O4. The van der Waals surface area contributed by atoms with Crippen molar-refractivity contribution in [2.75, 3.05) is 7.11 Å². The monoisotopic (exact) mass is 332 g/mol. The molecule has 116 valence electrons. The van der Waals surface area contributed by atoms with Gasteiger partial charge in [0.1, 0.15) is 5.02 Å². The first kappa shape index (κ1) is 14.9. The summed E-state index contributed by atoms with van der Waals surface area (Å²) in [6.07, 6.45) is 1.35. The third-order valence-corrected chi connectivity index (χ3v) is 3.44. The molecule has 0 aliphatic heterocycles. The van der Waals surface area contributed by atoms with E-state index in [1.807, 2.05) is 0 Å². The minimum absolute atomic E-state index is 0.0802. The molecule has 0 saturated heterocycles. The minimum Gasteiger partial charge on any atom is -0.464 e. The van der Waals surface area contributed by atoms with Gasteiger partial charge in [-0.15, -0.1) is 0 Å². The molecule has 3 aromatic rings. The fraction of sp³-hybridized carbons (Fsp3) is 0.0714. The maximum atomic E-state index is 11.9. The summed E-state index contributed by atoms with van der Waals surface area (Å²) in [6, 6.07) is 7.37. The number of hydrogen-bond acceptors (Lipinski definition) is 6. The number of esters is 1. The van der Waals surface area contributed by atoms with Crippen LogP contribution in [0.3, 0.4) is 0 Å². The molecule has 0 aliphatic carbocycles. The van der Waals surface area contributed by atoms with Crippen LogP contribution in [0.25, 0.3) is 16.9 Å². The number of halogens is 1. The van der Waals surface area contributed by atoms with Gasteiger partial charge in [0.15, 0.2) is 11.3 Å². The number of aromatic nitrogens is 3. The Morgan fingerprint density at radius 3 is 2.87 bits per heavy atom. The highest BCUT2D eigenvalue weighted by molar-refractivity contribution is 6.33. The Kier molecular flexibility index (Phi) is 3.67. The van der Waals surface area contributed by atoms with E-state index in [1.54, 1.807) is 6.07 Å². The number of nitro groups is 1. The molecule has 2 aromatic heterocycles. The van der Waals surface area contributed by atoms with E-state index in [1.165, 1.54) is 42.1 Å². The molecule has 0 spiro atoms. The predicted octanol–water partition coefficient (Wildman–Crippen LogP) is 2.74. The van der Waals surface area contributed by atoms with Gasteiger partial charge < -0.3 is 4.74 Å². The molecule has 0 amide bonds. The standard InChI is InChI=1S/C14H9ClN4O4/c1-23-14(20)12-6-11(17-13-10(15)7-16-18(12)13)8-3-2-4-9(5-8)19(21)22/h2-7H,1H3. The van der Waals surface area contributed by atoms with Crippen molar-refractivity contribution in [3.8, 4) is 11.3 Å². The van der Waals surface area contributed by atoms with Gasteiger partial charge in [-0.1, -0.05) is 23.7 Å². The Labute approximate surface area is 134 Å². The first-order valence-corrected chi connectivity index (χ1v) is 6.76. The lowest BCUT2D eigenvalue weighted by atomic mass is 10.1. The van der Waals surface area contributed by atoms with Gasteiger partial charge in [0.2, 0.25) is 0 Å². The SMILES string of the molecule is COC(=O)c1cc(-c2cccc([N+](=O)[O-])c2)nc2c(Cl)cnn12. The molecule has 0 saturated carbocycles. The molecule has 0 fully saturated rings. The fourth-order valence-electron chi connectivity index (χ4n) is 2.11. The summed E-state index contributed by atoms with van der Waals surface area (Å²) in [5.74, 6) is -0.621. The number of benzene rings is 1. The number of methoxy groups -OCH3 is 1. The Morgan fingerprint density at radius 1 is 1.39 bits per heavy atom. The Bertz CT molecular complexity index is 938. The number of carbonyl (C=O) groups excluding carboxylic acids is 1. The Balaban J connectivity index is 2.25. The number of fused-ring (bicyclic) bond motifs is 1. The molecule has 0 unspecified atom stereocenters. The number of rotatable bonds is 3. The quantitative estimate of drug-likeness (QED) is 0.415. The smallest absolute Gasteiger partial charge is 0.356 e. The van der Waals surface area contributed by atoms with Gasteiger partial charge >= 0.3 is 5.97 Å². The number of hydrogen-bond donors (Lipinski definition) is 0. The third kappa shape index (κ3) is 2.59. The van der Waals surface area contributed by atoms with Crippen molar-refractivity contribution in [1.29, 1.82) is 0 Å². The summed E-state index contributed by atoms with van der Waals surface area (Å²) in [6.45, 7) is 0. The highest BCUT2D eigenvalue weighted by Crippen LogP contribution is 2.26. The number of carbonyl (C=O) groups is 1. The van der Waals surface area contributed by atoms with Gasteiger partial charge in [-0.25, -0.2) is 14.3 Å². The zero-order chi connectivity index (χ0) is 16.6. The second-order valence-corrected chi connectivity index (χ2v) is 4.96. The van der Waals surface area contributed by atoms with Crippen LogP contribution in [0, 0.1) is 10.1 Å². The van der Waals surface area contributed by atoms with Crippen LogP contribution in [-0.2, 0) is 4.74 Å². The van der Waals surface area contributed by atoms with E-state index in [-0.39, 0.29) is 22.1 Å². The number of nitrogens with zero attached hydrogens (tertiary/aromatic N) is 4. The van der Waals surface area contributed by atoms with E-state index < -0.39 is 10.9 Å². The van der Waals surface area contributed by atoms with Gasteiger partial charge in [0.05, 0.1) is 23.9 Å². The van der Waals surface area contributed by atoms with Crippen molar-refractivity contribution in [3.63, 3.8) is 0 Å². The minimum atomic E-state index is -0.621. The molecule has 3 rings (SSSR count). The highest BCUT2D eigenvalue weighted by atomic mass is 35.5. The molecule has 1 aromatic carbocycles. The molecule has 0 N–H and O–H groups in total. The van der Waals surface area contributed by atoms with Crippen LogP contribution in [0.4, 0.5) is 5.69 Å². The van der Waals surface area contributed by atoms with Crippen LogP contribution in [-0.4, -0.2) is 32.6 Å². The summed E-state index contributed by atoms with van der Waals surface area (Å²) >= 11 is 6.03. The molecule has 2 heterocycles. The average molecular weight is 333 g/mol. The maximum Gasteiger partial charge on any atom is 0.356 e. The van der Waals surface area contributed by atoms with Crippen LogP contribution in [0.1, 0.15) is 10.5 Å². The Morgan fingerprint density at radius 2 is 2.17 bits per heavy atom. The molecule has 0 radical (unpaired) electrons. The first-order valence-electron chi connectivity index (χ1n) is 6.38. The molecule has 0 bridgehead atoms. The third-order valence-electron chi connectivity index (χ3n) is 3.18. The molecule has 8 nitrogen and oxygen atoms in total.